The number of piperidine rings is 1. The lowest BCUT2D eigenvalue weighted by atomic mass is 9.98. The predicted molar refractivity (Wildman–Crippen MR) is 71.5 cm³/mol. The lowest BCUT2D eigenvalue weighted by Crippen LogP contribution is -2.36. The zero-order valence-corrected chi connectivity index (χ0v) is 11.2. The van der Waals surface area contributed by atoms with Crippen LogP contribution < -0.4 is 0 Å². The number of halogens is 2. The third-order valence-electron chi connectivity index (χ3n) is 3.30. The van der Waals surface area contributed by atoms with Crippen LogP contribution in [0.4, 0.5) is 0 Å². The molecule has 0 saturated carbocycles. The molecule has 2 nitrogen and oxygen atoms in total. The normalized spacial score (nSPS) is 21.7. The molecule has 2 rings (SSSR count). The Bertz CT molecular complexity index is 363. The van der Waals surface area contributed by atoms with Crippen LogP contribution in [0.2, 0.25) is 10.0 Å². The fourth-order valence-corrected chi connectivity index (χ4v) is 2.87. The van der Waals surface area contributed by atoms with Gasteiger partial charge in [-0.05, 0) is 37.4 Å². The minimum absolute atomic E-state index is 0.271. The van der Waals surface area contributed by atoms with E-state index in [4.69, 9.17) is 23.2 Å². The number of aliphatic hydroxyl groups is 1. The predicted octanol–water partition coefficient (Wildman–Crippen LogP) is 3.20. The molecule has 1 unspecified atom stereocenters. The van der Waals surface area contributed by atoms with E-state index in [1.165, 1.54) is 0 Å². The van der Waals surface area contributed by atoms with E-state index in [1.807, 2.05) is 18.2 Å². The van der Waals surface area contributed by atoms with Gasteiger partial charge in [0.2, 0.25) is 0 Å². The van der Waals surface area contributed by atoms with Crippen LogP contribution in [0.15, 0.2) is 18.2 Å². The molecule has 17 heavy (non-hydrogen) atoms. The number of nitrogens with zero attached hydrogens (tertiary/aromatic N) is 1. The first kappa shape index (κ1) is 13.2. The van der Waals surface area contributed by atoms with E-state index in [9.17, 15) is 5.11 Å². The maximum atomic E-state index is 9.21. The fourth-order valence-electron chi connectivity index (χ4n) is 2.35. The smallest absolute Gasteiger partial charge is 0.0471 e. The van der Waals surface area contributed by atoms with Crippen LogP contribution in [-0.2, 0) is 6.54 Å². The third-order valence-corrected chi connectivity index (χ3v) is 4.01. The van der Waals surface area contributed by atoms with Crippen molar-refractivity contribution in [3.05, 3.63) is 33.8 Å². The van der Waals surface area contributed by atoms with Gasteiger partial charge in [0.05, 0.1) is 0 Å². The van der Waals surface area contributed by atoms with Crippen LogP contribution in [0.3, 0.4) is 0 Å². The second-order valence-electron chi connectivity index (χ2n) is 4.63. The molecule has 1 aliphatic rings. The highest BCUT2D eigenvalue weighted by Gasteiger charge is 2.20. The Morgan fingerprint density at radius 3 is 2.65 bits per heavy atom. The van der Waals surface area contributed by atoms with Crippen LogP contribution in [0.25, 0.3) is 0 Å². The van der Waals surface area contributed by atoms with Gasteiger partial charge >= 0.3 is 0 Å². The van der Waals surface area contributed by atoms with Gasteiger partial charge in [0.15, 0.2) is 0 Å². The van der Waals surface area contributed by atoms with Gasteiger partial charge in [0.1, 0.15) is 0 Å². The fraction of sp³-hybridized carbons (Fsp3) is 0.538. The molecule has 1 aromatic carbocycles. The van der Waals surface area contributed by atoms with Gasteiger partial charge < -0.3 is 5.11 Å². The van der Waals surface area contributed by atoms with E-state index in [-0.39, 0.29) is 6.61 Å². The second kappa shape index (κ2) is 6.05. The summed E-state index contributed by atoms with van der Waals surface area (Å²) in [5.74, 6) is 0.394. The van der Waals surface area contributed by atoms with E-state index in [0.29, 0.717) is 5.92 Å². The number of benzene rings is 1. The maximum absolute atomic E-state index is 9.21. The molecule has 0 aliphatic carbocycles. The molecule has 0 aromatic heterocycles. The van der Waals surface area contributed by atoms with Crippen molar-refractivity contribution in [3.8, 4) is 0 Å². The summed E-state index contributed by atoms with van der Waals surface area (Å²) >= 11 is 12.3. The summed E-state index contributed by atoms with van der Waals surface area (Å²) in [6.07, 6.45) is 2.25. The lowest BCUT2D eigenvalue weighted by molar-refractivity contribution is 0.116. The van der Waals surface area contributed by atoms with Gasteiger partial charge in [0.25, 0.3) is 0 Å². The Balaban J connectivity index is 2.05. The molecular weight excluding hydrogens is 257 g/mol. The molecule has 1 aliphatic heterocycles. The van der Waals surface area contributed by atoms with E-state index in [1.54, 1.807) is 0 Å². The van der Waals surface area contributed by atoms with Gasteiger partial charge in [0, 0.05) is 35.3 Å². The summed E-state index contributed by atoms with van der Waals surface area (Å²) < 4.78 is 0. The Kier molecular flexibility index (Phi) is 4.69. The minimum Gasteiger partial charge on any atom is -0.396 e. The van der Waals surface area contributed by atoms with Crippen LogP contribution in [0.1, 0.15) is 18.4 Å². The molecule has 0 amide bonds. The Labute approximate surface area is 112 Å². The average molecular weight is 274 g/mol. The minimum atomic E-state index is 0.271. The zero-order chi connectivity index (χ0) is 12.3. The van der Waals surface area contributed by atoms with E-state index in [2.05, 4.69) is 4.90 Å². The second-order valence-corrected chi connectivity index (χ2v) is 5.44. The molecule has 1 heterocycles. The van der Waals surface area contributed by atoms with Gasteiger partial charge in [-0.2, -0.15) is 0 Å². The molecule has 0 radical (unpaired) electrons. The molecule has 1 atom stereocenters. The quantitative estimate of drug-likeness (QED) is 0.915. The molecule has 1 saturated heterocycles. The number of likely N-dealkylation sites (tertiary alicyclic amines) is 1. The summed E-state index contributed by atoms with van der Waals surface area (Å²) in [6.45, 7) is 3.03. The molecule has 1 N–H and O–H groups in total. The van der Waals surface area contributed by atoms with Crippen LogP contribution in [-0.4, -0.2) is 29.7 Å². The number of rotatable bonds is 3. The summed E-state index contributed by atoms with van der Waals surface area (Å²) in [6, 6.07) is 5.60. The summed E-state index contributed by atoms with van der Waals surface area (Å²) in [4.78, 5) is 2.32. The third kappa shape index (κ3) is 3.35. The highest BCUT2D eigenvalue weighted by atomic mass is 35.5. The Morgan fingerprint density at radius 2 is 2.00 bits per heavy atom. The van der Waals surface area contributed by atoms with Crippen LogP contribution in [0.5, 0.6) is 0 Å². The molecule has 94 valence electrons. The van der Waals surface area contributed by atoms with Gasteiger partial charge in [-0.1, -0.05) is 29.3 Å². The summed E-state index contributed by atoms with van der Waals surface area (Å²) in [5.41, 5.74) is 0.995. The highest BCUT2D eigenvalue weighted by Crippen LogP contribution is 2.27. The first-order valence-electron chi connectivity index (χ1n) is 5.97. The first-order valence-corrected chi connectivity index (χ1v) is 6.72. The van der Waals surface area contributed by atoms with E-state index < -0.39 is 0 Å². The molecule has 0 spiro atoms. The molecular formula is C13H17Cl2NO. The van der Waals surface area contributed by atoms with Crippen LogP contribution in [0, 0.1) is 5.92 Å². The van der Waals surface area contributed by atoms with E-state index >= 15 is 0 Å². The number of hydrogen-bond acceptors (Lipinski definition) is 2. The first-order chi connectivity index (χ1) is 8.20. The van der Waals surface area contributed by atoms with Crippen molar-refractivity contribution in [2.45, 2.75) is 19.4 Å². The largest absolute Gasteiger partial charge is 0.396 e. The maximum Gasteiger partial charge on any atom is 0.0471 e. The number of hydrogen-bond donors (Lipinski definition) is 1. The van der Waals surface area contributed by atoms with Gasteiger partial charge in [-0.25, -0.2) is 0 Å². The molecule has 1 fully saturated rings. The van der Waals surface area contributed by atoms with Crippen molar-refractivity contribution >= 4 is 23.2 Å². The van der Waals surface area contributed by atoms with Crippen molar-refractivity contribution in [2.24, 2.45) is 5.92 Å². The summed E-state index contributed by atoms with van der Waals surface area (Å²) in [7, 11) is 0. The number of aliphatic hydroxyl groups excluding tert-OH is 1. The van der Waals surface area contributed by atoms with Crippen molar-refractivity contribution in [3.63, 3.8) is 0 Å². The zero-order valence-electron chi connectivity index (χ0n) is 9.70. The van der Waals surface area contributed by atoms with Crippen molar-refractivity contribution in [2.75, 3.05) is 19.7 Å². The van der Waals surface area contributed by atoms with Crippen molar-refractivity contribution < 1.29 is 5.11 Å². The van der Waals surface area contributed by atoms with Crippen LogP contribution >= 0.6 is 23.2 Å². The molecule has 4 heteroatoms. The molecule has 1 aromatic rings. The standard InChI is InChI=1S/C13H17Cl2NO/c14-12-4-1-5-13(15)11(12)8-16-6-2-3-10(7-16)9-17/h1,4-5,10,17H,2-3,6-9H2. The van der Waals surface area contributed by atoms with E-state index in [0.717, 1.165) is 48.1 Å². The monoisotopic (exact) mass is 273 g/mol. The Morgan fingerprint density at radius 1 is 1.29 bits per heavy atom. The van der Waals surface area contributed by atoms with Crippen molar-refractivity contribution in [1.29, 1.82) is 0 Å². The van der Waals surface area contributed by atoms with Crippen molar-refractivity contribution in [1.82, 2.24) is 4.90 Å². The highest BCUT2D eigenvalue weighted by molar-refractivity contribution is 6.35. The topological polar surface area (TPSA) is 23.5 Å². The molecule has 0 bridgehead atoms. The van der Waals surface area contributed by atoms with Gasteiger partial charge in [-0.3, -0.25) is 4.90 Å². The Hall–Kier alpha value is -0.280. The lowest BCUT2D eigenvalue weighted by Gasteiger charge is -2.32. The average Bonchev–Trinajstić information content (AvgIpc) is 2.34. The SMILES string of the molecule is OCC1CCCN(Cc2c(Cl)cccc2Cl)C1. The summed E-state index contributed by atoms with van der Waals surface area (Å²) in [5, 5.41) is 10.7. The van der Waals surface area contributed by atoms with Gasteiger partial charge in [-0.15, -0.1) is 0 Å².